The molecular weight excluding hydrogens is 468 g/mol. The summed E-state index contributed by atoms with van der Waals surface area (Å²) >= 11 is 0. The predicted molar refractivity (Wildman–Crippen MR) is 130 cm³/mol. The molecule has 0 aliphatic heterocycles. The van der Waals surface area contributed by atoms with E-state index in [1.807, 2.05) is 13.8 Å². The zero-order valence-electron chi connectivity index (χ0n) is 20.3. The van der Waals surface area contributed by atoms with Gasteiger partial charge < -0.3 is 36.9 Å². The van der Waals surface area contributed by atoms with Gasteiger partial charge in [0.2, 0.25) is 17.7 Å². The molecule has 1 aromatic carbocycles. The summed E-state index contributed by atoms with van der Waals surface area (Å²) in [5, 5.41) is 26.6. The zero-order chi connectivity index (χ0) is 26.7. The van der Waals surface area contributed by atoms with Crippen LogP contribution in [0.1, 0.15) is 31.5 Å². The molecule has 0 saturated heterocycles. The molecular formula is C24H34N6O6. The van der Waals surface area contributed by atoms with E-state index in [1.54, 1.807) is 30.3 Å². The lowest BCUT2D eigenvalue weighted by Crippen LogP contribution is -2.58. The van der Waals surface area contributed by atoms with Crippen LogP contribution in [0.5, 0.6) is 0 Å². The summed E-state index contributed by atoms with van der Waals surface area (Å²) in [4.78, 5) is 56.7. The van der Waals surface area contributed by atoms with Crippen molar-refractivity contribution < 1.29 is 29.4 Å². The van der Waals surface area contributed by atoms with Crippen LogP contribution in [0.3, 0.4) is 0 Å². The summed E-state index contributed by atoms with van der Waals surface area (Å²) in [5.41, 5.74) is 7.18. The number of nitrogens with two attached hydrogens (primary N) is 1. The number of aromatic nitrogens is 2. The molecule has 1 aromatic heterocycles. The number of amides is 3. The highest BCUT2D eigenvalue weighted by Gasteiger charge is 2.30. The largest absolute Gasteiger partial charge is 0.480 e. The van der Waals surface area contributed by atoms with E-state index in [0.29, 0.717) is 17.7 Å². The molecule has 0 saturated carbocycles. The first-order valence-electron chi connectivity index (χ1n) is 11.6. The number of imidazole rings is 1. The Morgan fingerprint density at radius 3 is 2.11 bits per heavy atom. The maximum atomic E-state index is 13.0. The maximum Gasteiger partial charge on any atom is 0.326 e. The SMILES string of the molecule is CC(C)CC(N)C(=O)NC(Cc1cnc[nH]1)C(=O)NC(CO)C(=O)NC(Cc1ccccc1)C(=O)O. The highest BCUT2D eigenvalue weighted by Crippen LogP contribution is 2.06. The Kier molecular flexibility index (Phi) is 11.0. The Balaban J connectivity index is 2.09. The molecule has 12 heteroatoms. The Morgan fingerprint density at radius 1 is 0.944 bits per heavy atom. The first-order chi connectivity index (χ1) is 17.1. The molecule has 0 aliphatic carbocycles. The van der Waals surface area contributed by atoms with E-state index in [1.165, 1.54) is 12.5 Å². The number of aliphatic hydroxyl groups is 1. The molecule has 12 nitrogen and oxygen atoms in total. The molecule has 1 heterocycles. The summed E-state index contributed by atoms with van der Waals surface area (Å²) in [6, 6.07) is 4.03. The lowest BCUT2D eigenvalue weighted by molar-refractivity contribution is -0.142. The van der Waals surface area contributed by atoms with Gasteiger partial charge in [0, 0.05) is 24.7 Å². The first kappa shape index (κ1) is 28.5. The quantitative estimate of drug-likeness (QED) is 0.172. The molecule has 0 fully saturated rings. The van der Waals surface area contributed by atoms with Gasteiger partial charge >= 0.3 is 5.97 Å². The Labute approximate surface area is 209 Å². The molecule has 0 spiro atoms. The van der Waals surface area contributed by atoms with Crippen molar-refractivity contribution in [3.63, 3.8) is 0 Å². The molecule has 4 unspecified atom stereocenters. The second-order valence-corrected chi connectivity index (χ2v) is 8.91. The van der Waals surface area contributed by atoms with E-state index in [4.69, 9.17) is 5.73 Å². The second kappa shape index (κ2) is 14.0. The Morgan fingerprint density at radius 2 is 1.56 bits per heavy atom. The van der Waals surface area contributed by atoms with Crippen molar-refractivity contribution in [2.24, 2.45) is 11.7 Å². The van der Waals surface area contributed by atoms with E-state index in [0.717, 1.165) is 0 Å². The number of carboxylic acid groups (broad SMARTS) is 1. The van der Waals surface area contributed by atoms with Gasteiger partial charge in [-0.15, -0.1) is 0 Å². The standard InChI is InChI=1S/C24H34N6O6/c1-14(2)8-17(25)21(32)28-18(10-16-11-26-13-27-16)22(33)30-20(12-31)23(34)29-19(24(35)36)9-15-6-4-3-5-7-15/h3-7,11,13-14,17-20,31H,8-10,12,25H2,1-2H3,(H,26,27)(H,28,32)(H,29,34)(H,30,33)(H,35,36). The monoisotopic (exact) mass is 502 g/mol. The molecule has 4 atom stereocenters. The number of carbonyl (C=O) groups excluding carboxylic acids is 3. The molecule has 0 bridgehead atoms. The lowest BCUT2D eigenvalue weighted by atomic mass is 10.0. The van der Waals surface area contributed by atoms with E-state index >= 15 is 0 Å². The van der Waals surface area contributed by atoms with Crippen LogP contribution in [-0.4, -0.2) is 74.6 Å². The predicted octanol–water partition coefficient (Wildman–Crippen LogP) is -0.900. The van der Waals surface area contributed by atoms with Gasteiger partial charge in [-0.05, 0) is 17.9 Å². The van der Waals surface area contributed by atoms with Crippen molar-refractivity contribution in [2.45, 2.75) is 57.3 Å². The average molecular weight is 503 g/mol. The third-order valence-electron chi connectivity index (χ3n) is 5.39. The van der Waals surface area contributed by atoms with Gasteiger partial charge in [0.25, 0.3) is 0 Å². The number of hydrogen-bond acceptors (Lipinski definition) is 7. The summed E-state index contributed by atoms with van der Waals surface area (Å²) in [6.07, 6.45) is 3.35. The van der Waals surface area contributed by atoms with Gasteiger partial charge in [0.1, 0.15) is 18.1 Å². The van der Waals surface area contributed by atoms with Crippen LogP contribution >= 0.6 is 0 Å². The molecule has 3 amide bonds. The van der Waals surface area contributed by atoms with Crippen LogP contribution in [0.25, 0.3) is 0 Å². The fraction of sp³-hybridized carbons (Fsp3) is 0.458. The van der Waals surface area contributed by atoms with Crippen molar-refractivity contribution in [2.75, 3.05) is 6.61 Å². The normalized spacial score (nSPS) is 14.4. The topological polar surface area (TPSA) is 200 Å². The number of carbonyl (C=O) groups is 4. The van der Waals surface area contributed by atoms with Crippen molar-refractivity contribution in [1.82, 2.24) is 25.9 Å². The van der Waals surface area contributed by atoms with E-state index in [2.05, 4.69) is 25.9 Å². The van der Waals surface area contributed by atoms with Gasteiger partial charge in [-0.2, -0.15) is 0 Å². The molecule has 196 valence electrons. The minimum Gasteiger partial charge on any atom is -0.480 e. The van der Waals surface area contributed by atoms with E-state index in [-0.39, 0.29) is 18.8 Å². The van der Waals surface area contributed by atoms with Crippen LogP contribution < -0.4 is 21.7 Å². The average Bonchev–Trinajstić information content (AvgIpc) is 3.34. The van der Waals surface area contributed by atoms with Crippen LogP contribution in [0.15, 0.2) is 42.9 Å². The maximum absolute atomic E-state index is 13.0. The number of aliphatic carboxylic acids is 1. The number of aliphatic hydroxyl groups excluding tert-OH is 1. The number of H-pyrrole nitrogens is 1. The van der Waals surface area contributed by atoms with Crippen molar-refractivity contribution in [3.05, 3.63) is 54.1 Å². The van der Waals surface area contributed by atoms with Crippen molar-refractivity contribution in [1.29, 1.82) is 0 Å². The molecule has 8 N–H and O–H groups in total. The van der Waals surface area contributed by atoms with Crippen molar-refractivity contribution >= 4 is 23.7 Å². The molecule has 2 rings (SSSR count). The Bertz CT molecular complexity index is 998. The van der Waals surface area contributed by atoms with Gasteiger partial charge in [-0.1, -0.05) is 44.2 Å². The van der Waals surface area contributed by atoms with Gasteiger partial charge in [0.05, 0.1) is 19.0 Å². The van der Waals surface area contributed by atoms with Crippen LogP contribution in [-0.2, 0) is 32.0 Å². The number of nitrogens with zero attached hydrogens (tertiary/aromatic N) is 1. The molecule has 0 radical (unpaired) electrons. The molecule has 36 heavy (non-hydrogen) atoms. The summed E-state index contributed by atoms with van der Waals surface area (Å²) in [7, 11) is 0. The molecule has 0 aliphatic rings. The number of benzene rings is 1. The number of hydrogen-bond donors (Lipinski definition) is 7. The molecule has 2 aromatic rings. The van der Waals surface area contributed by atoms with E-state index < -0.39 is 54.5 Å². The fourth-order valence-corrected chi connectivity index (χ4v) is 3.51. The summed E-state index contributed by atoms with van der Waals surface area (Å²) in [5.74, 6) is -3.27. The number of carboxylic acids is 1. The highest BCUT2D eigenvalue weighted by atomic mass is 16.4. The minimum absolute atomic E-state index is 0.0141. The zero-order valence-corrected chi connectivity index (χ0v) is 20.3. The van der Waals surface area contributed by atoms with Crippen LogP contribution in [0.2, 0.25) is 0 Å². The highest BCUT2D eigenvalue weighted by molar-refractivity contribution is 5.94. The van der Waals surface area contributed by atoms with Gasteiger partial charge in [-0.25, -0.2) is 9.78 Å². The number of rotatable bonds is 14. The third kappa shape index (κ3) is 9.12. The smallest absolute Gasteiger partial charge is 0.326 e. The van der Waals surface area contributed by atoms with Crippen molar-refractivity contribution in [3.8, 4) is 0 Å². The Hall–Kier alpha value is -3.77. The summed E-state index contributed by atoms with van der Waals surface area (Å²) < 4.78 is 0. The second-order valence-electron chi connectivity index (χ2n) is 8.91. The van der Waals surface area contributed by atoms with Gasteiger partial charge in [-0.3, -0.25) is 14.4 Å². The fourth-order valence-electron chi connectivity index (χ4n) is 3.51. The van der Waals surface area contributed by atoms with Crippen LogP contribution in [0, 0.1) is 5.92 Å². The first-order valence-corrected chi connectivity index (χ1v) is 11.6. The lowest BCUT2D eigenvalue weighted by Gasteiger charge is -2.24. The summed E-state index contributed by atoms with van der Waals surface area (Å²) in [6.45, 7) is 3.04. The minimum atomic E-state index is -1.44. The number of nitrogens with one attached hydrogen (secondary N) is 4. The van der Waals surface area contributed by atoms with E-state index in [9.17, 15) is 29.4 Å². The number of aromatic amines is 1. The van der Waals surface area contributed by atoms with Gasteiger partial charge in [0.15, 0.2) is 0 Å². The third-order valence-corrected chi connectivity index (χ3v) is 5.39. The van der Waals surface area contributed by atoms with Crippen LogP contribution in [0.4, 0.5) is 0 Å².